The predicted molar refractivity (Wildman–Crippen MR) is 71.9 cm³/mol. The molecular formula is C15H9ClO. The molecule has 0 amide bonds. The van der Waals surface area contributed by atoms with Crippen molar-refractivity contribution in [1.29, 1.82) is 0 Å². The van der Waals surface area contributed by atoms with Crippen LogP contribution in [0.1, 0.15) is 10.4 Å². The first kappa shape index (κ1) is 10.3. The van der Waals surface area contributed by atoms with E-state index in [1.165, 1.54) is 0 Å². The summed E-state index contributed by atoms with van der Waals surface area (Å²) >= 11 is 6.40. The second-order valence-electron chi connectivity index (χ2n) is 3.97. The molecule has 0 aliphatic heterocycles. The van der Waals surface area contributed by atoms with E-state index in [1.54, 1.807) is 6.07 Å². The van der Waals surface area contributed by atoms with Crippen LogP contribution in [0, 0.1) is 0 Å². The minimum absolute atomic E-state index is 0.637. The first-order valence-electron chi connectivity index (χ1n) is 5.36. The Hall–Kier alpha value is -1.86. The highest BCUT2D eigenvalue weighted by Crippen LogP contribution is 2.33. The highest BCUT2D eigenvalue weighted by molar-refractivity contribution is 6.41. The number of carbonyl (C=O) groups is 1. The van der Waals surface area contributed by atoms with E-state index < -0.39 is 0 Å². The second-order valence-corrected chi connectivity index (χ2v) is 4.35. The summed E-state index contributed by atoms with van der Waals surface area (Å²) in [5, 5.41) is 4.56. The molecule has 0 spiro atoms. The van der Waals surface area contributed by atoms with Crippen LogP contribution in [0.25, 0.3) is 21.5 Å². The lowest BCUT2D eigenvalue weighted by atomic mass is 10.00. The molecule has 0 aliphatic rings. The Bertz CT molecular complexity index is 731. The SMILES string of the molecule is O=Cc1cccc2cc3ccccc3c(Cl)c12. The van der Waals surface area contributed by atoms with Gasteiger partial charge in [-0.05, 0) is 16.8 Å². The zero-order chi connectivity index (χ0) is 11.8. The first-order valence-corrected chi connectivity index (χ1v) is 5.74. The van der Waals surface area contributed by atoms with Gasteiger partial charge < -0.3 is 0 Å². The Morgan fingerprint density at radius 3 is 2.53 bits per heavy atom. The second kappa shape index (κ2) is 3.86. The molecule has 0 N–H and O–H groups in total. The molecule has 2 heteroatoms. The number of fused-ring (bicyclic) bond motifs is 2. The fraction of sp³-hybridized carbons (Fsp3) is 0. The maximum atomic E-state index is 11.1. The van der Waals surface area contributed by atoms with Gasteiger partial charge in [0, 0.05) is 16.3 Å². The Kier molecular flexibility index (Phi) is 2.34. The summed E-state index contributed by atoms with van der Waals surface area (Å²) in [4.78, 5) is 11.1. The van der Waals surface area contributed by atoms with E-state index in [9.17, 15) is 4.79 Å². The Balaban J connectivity index is 2.60. The molecule has 17 heavy (non-hydrogen) atoms. The lowest BCUT2D eigenvalue weighted by molar-refractivity contribution is 0.112. The number of carbonyl (C=O) groups excluding carboxylic acids is 1. The van der Waals surface area contributed by atoms with Crippen LogP contribution in [0.3, 0.4) is 0 Å². The third-order valence-electron chi connectivity index (χ3n) is 2.98. The predicted octanol–water partition coefficient (Wildman–Crippen LogP) is 4.46. The van der Waals surface area contributed by atoms with Gasteiger partial charge in [0.2, 0.25) is 0 Å². The zero-order valence-corrected chi connectivity index (χ0v) is 9.74. The van der Waals surface area contributed by atoms with E-state index in [0.717, 1.165) is 27.8 Å². The van der Waals surface area contributed by atoms with Gasteiger partial charge in [-0.1, -0.05) is 54.1 Å². The minimum Gasteiger partial charge on any atom is -0.298 e. The van der Waals surface area contributed by atoms with Gasteiger partial charge in [-0.3, -0.25) is 4.79 Å². The van der Waals surface area contributed by atoms with Crippen LogP contribution in [0.5, 0.6) is 0 Å². The molecule has 1 nitrogen and oxygen atoms in total. The van der Waals surface area contributed by atoms with Gasteiger partial charge in [0.25, 0.3) is 0 Å². The fourth-order valence-corrected chi connectivity index (χ4v) is 2.58. The van der Waals surface area contributed by atoms with Crippen molar-refractivity contribution >= 4 is 39.4 Å². The average molecular weight is 241 g/mol. The van der Waals surface area contributed by atoms with Crippen molar-refractivity contribution in [2.45, 2.75) is 0 Å². The summed E-state index contributed by atoms with van der Waals surface area (Å²) < 4.78 is 0. The molecule has 0 radical (unpaired) electrons. The summed E-state index contributed by atoms with van der Waals surface area (Å²) in [6.07, 6.45) is 0.850. The molecule has 0 saturated heterocycles. The number of halogens is 1. The minimum atomic E-state index is 0.637. The molecule has 0 fully saturated rings. The van der Waals surface area contributed by atoms with Crippen LogP contribution < -0.4 is 0 Å². The molecule has 3 rings (SSSR count). The lowest BCUT2D eigenvalue weighted by Crippen LogP contribution is -1.86. The van der Waals surface area contributed by atoms with Gasteiger partial charge in [-0.15, -0.1) is 0 Å². The van der Waals surface area contributed by atoms with Gasteiger partial charge in [0.05, 0.1) is 5.02 Å². The molecule has 0 heterocycles. The molecule has 0 aromatic heterocycles. The molecular weight excluding hydrogens is 232 g/mol. The standard InChI is InChI=1S/C15H9ClO/c16-15-13-7-2-1-4-10(13)8-11-5-3-6-12(9-17)14(11)15/h1-9H. The van der Waals surface area contributed by atoms with E-state index in [4.69, 9.17) is 11.6 Å². The van der Waals surface area contributed by atoms with Crippen molar-refractivity contribution in [1.82, 2.24) is 0 Å². The quantitative estimate of drug-likeness (QED) is 0.453. The van der Waals surface area contributed by atoms with Gasteiger partial charge in [0.15, 0.2) is 6.29 Å². The van der Waals surface area contributed by atoms with Crippen molar-refractivity contribution in [3.8, 4) is 0 Å². The van der Waals surface area contributed by atoms with Crippen molar-refractivity contribution < 1.29 is 4.79 Å². The van der Waals surface area contributed by atoms with Gasteiger partial charge >= 0.3 is 0 Å². The van der Waals surface area contributed by atoms with Crippen molar-refractivity contribution in [3.05, 3.63) is 59.1 Å². The van der Waals surface area contributed by atoms with E-state index in [2.05, 4.69) is 6.07 Å². The summed E-state index contributed by atoms with van der Waals surface area (Å²) in [5.74, 6) is 0. The largest absolute Gasteiger partial charge is 0.298 e. The fourth-order valence-electron chi connectivity index (χ4n) is 2.19. The Morgan fingerprint density at radius 2 is 1.71 bits per heavy atom. The third kappa shape index (κ3) is 1.51. The third-order valence-corrected chi connectivity index (χ3v) is 3.38. The van der Waals surface area contributed by atoms with Crippen LogP contribution >= 0.6 is 11.6 Å². The van der Waals surface area contributed by atoms with E-state index in [0.29, 0.717) is 10.6 Å². The van der Waals surface area contributed by atoms with Crippen LogP contribution in [0.15, 0.2) is 48.5 Å². The van der Waals surface area contributed by atoms with Gasteiger partial charge in [-0.25, -0.2) is 0 Å². The molecule has 0 unspecified atom stereocenters. The lowest BCUT2D eigenvalue weighted by Gasteiger charge is -2.07. The summed E-state index contributed by atoms with van der Waals surface area (Å²) in [7, 11) is 0. The van der Waals surface area contributed by atoms with Gasteiger partial charge in [0.1, 0.15) is 0 Å². The molecule has 3 aromatic carbocycles. The van der Waals surface area contributed by atoms with E-state index in [-0.39, 0.29) is 0 Å². The Morgan fingerprint density at radius 1 is 0.941 bits per heavy atom. The normalized spacial score (nSPS) is 10.9. The van der Waals surface area contributed by atoms with Crippen LogP contribution in [0.2, 0.25) is 5.02 Å². The zero-order valence-electron chi connectivity index (χ0n) is 8.98. The number of rotatable bonds is 1. The number of hydrogen-bond acceptors (Lipinski definition) is 1. The van der Waals surface area contributed by atoms with Crippen molar-refractivity contribution in [2.24, 2.45) is 0 Å². The first-order chi connectivity index (χ1) is 8.31. The summed E-state index contributed by atoms with van der Waals surface area (Å²) in [6.45, 7) is 0. The van der Waals surface area contributed by atoms with E-state index >= 15 is 0 Å². The molecule has 3 aromatic rings. The molecule has 0 bridgehead atoms. The van der Waals surface area contributed by atoms with Gasteiger partial charge in [-0.2, -0.15) is 0 Å². The highest BCUT2D eigenvalue weighted by Gasteiger charge is 2.08. The van der Waals surface area contributed by atoms with Crippen molar-refractivity contribution in [2.75, 3.05) is 0 Å². The van der Waals surface area contributed by atoms with Crippen LogP contribution in [-0.4, -0.2) is 6.29 Å². The monoisotopic (exact) mass is 240 g/mol. The number of benzene rings is 3. The molecule has 0 aliphatic carbocycles. The summed E-state index contributed by atoms with van der Waals surface area (Å²) in [5.41, 5.74) is 0.637. The maximum absolute atomic E-state index is 11.1. The average Bonchev–Trinajstić information content (AvgIpc) is 2.38. The molecule has 82 valence electrons. The number of hydrogen-bond donors (Lipinski definition) is 0. The number of aldehydes is 1. The van der Waals surface area contributed by atoms with Crippen LogP contribution in [-0.2, 0) is 0 Å². The van der Waals surface area contributed by atoms with Crippen LogP contribution in [0.4, 0.5) is 0 Å². The summed E-state index contributed by atoms with van der Waals surface area (Å²) in [6, 6.07) is 15.6. The topological polar surface area (TPSA) is 17.1 Å². The van der Waals surface area contributed by atoms with Crippen molar-refractivity contribution in [3.63, 3.8) is 0 Å². The Labute approximate surface area is 104 Å². The molecule has 0 saturated carbocycles. The maximum Gasteiger partial charge on any atom is 0.150 e. The molecule has 0 atom stereocenters. The smallest absolute Gasteiger partial charge is 0.150 e. The van der Waals surface area contributed by atoms with E-state index in [1.807, 2.05) is 36.4 Å². The highest BCUT2D eigenvalue weighted by atomic mass is 35.5.